The van der Waals surface area contributed by atoms with Gasteiger partial charge in [0.1, 0.15) is 22.7 Å². The van der Waals surface area contributed by atoms with Gasteiger partial charge in [0.2, 0.25) is 5.91 Å². The van der Waals surface area contributed by atoms with E-state index in [2.05, 4.69) is 15.6 Å². The first-order valence-corrected chi connectivity index (χ1v) is 13.5. The van der Waals surface area contributed by atoms with E-state index in [-0.39, 0.29) is 36.5 Å². The van der Waals surface area contributed by atoms with Gasteiger partial charge in [-0.1, -0.05) is 31.2 Å². The van der Waals surface area contributed by atoms with Gasteiger partial charge in [-0.3, -0.25) is 14.4 Å². The maximum absolute atomic E-state index is 13.7. The first-order valence-electron chi connectivity index (χ1n) is 13.5. The van der Waals surface area contributed by atoms with E-state index in [0.29, 0.717) is 19.5 Å². The molecule has 1 aliphatic rings. The van der Waals surface area contributed by atoms with Crippen LogP contribution in [0.3, 0.4) is 0 Å². The molecule has 1 aliphatic heterocycles. The Hall–Kier alpha value is -4.34. The highest BCUT2D eigenvalue weighted by Crippen LogP contribution is 2.29. The first kappa shape index (κ1) is 28.7. The molecule has 0 spiro atoms. The van der Waals surface area contributed by atoms with Gasteiger partial charge in [-0.15, -0.1) is 0 Å². The van der Waals surface area contributed by atoms with Crippen LogP contribution in [0.1, 0.15) is 66.2 Å². The molecule has 212 valence electrons. The number of carbonyl (C=O) groups is 3. The summed E-state index contributed by atoms with van der Waals surface area (Å²) in [5.74, 6) is 0.364. The molecule has 0 saturated carbocycles. The van der Waals surface area contributed by atoms with E-state index in [1.165, 1.54) is 6.33 Å². The van der Waals surface area contributed by atoms with Crippen LogP contribution in [0.15, 0.2) is 54.9 Å². The topological polar surface area (TPSA) is 115 Å². The summed E-state index contributed by atoms with van der Waals surface area (Å²) < 4.78 is 12.5. The van der Waals surface area contributed by atoms with Gasteiger partial charge in [-0.2, -0.15) is 0 Å². The van der Waals surface area contributed by atoms with Crippen LogP contribution in [-0.2, 0) is 24.4 Å². The van der Waals surface area contributed by atoms with Gasteiger partial charge >= 0.3 is 0 Å². The van der Waals surface area contributed by atoms with Crippen molar-refractivity contribution >= 4 is 17.7 Å². The molecule has 10 nitrogen and oxygen atoms in total. The Labute approximate surface area is 234 Å². The zero-order chi connectivity index (χ0) is 28.9. The van der Waals surface area contributed by atoms with Crippen molar-refractivity contribution in [2.24, 2.45) is 0 Å². The van der Waals surface area contributed by atoms with Crippen LogP contribution in [0.4, 0.5) is 0 Å². The molecule has 1 aromatic heterocycles. The number of carbonyl (C=O) groups excluding carboxylic acids is 3. The molecular weight excluding hydrogens is 510 g/mol. The number of methoxy groups -OCH3 is 1. The molecule has 40 heavy (non-hydrogen) atoms. The van der Waals surface area contributed by atoms with Crippen molar-refractivity contribution in [3.63, 3.8) is 0 Å². The summed E-state index contributed by atoms with van der Waals surface area (Å²) in [4.78, 5) is 46.2. The van der Waals surface area contributed by atoms with Crippen LogP contribution in [0.25, 0.3) is 0 Å². The summed E-state index contributed by atoms with van der Waals surface area (Å²) in [5, 5.41) is 5.83. The second-order valence-electron chi connectivity index (χ2n) is 10.3. The molecule has 10 heteroatoms. The number of hydrogen-bond acceptors (Lipinski definition) is 6. The maximum atomic E-state index is 13.7. The number of imidazole rings is 1. The van der Waals surface area contributed by atoms with Crippen molar-refractivity contribution in [1.82, 2.24) is 25.1 Å². The summed E-state index contributed by atoms with van der Waals surface area (Å²) in [6.45, 7) is 8.73. The zero-order valence-electron chi connectivity index (χ0n) is 23.7. The van der Waals surface area contributed by atoms with E-state index < -0.39 is 17.4 Å². The predicted octanol–water partition coefficient (Wildman–Crippen LogP) is 3.55. The Morgan fingerprint density at radius 3 is 2.17 bits per heavy atom. The summed E-state index contributed by atoms with van der Waals surface area (Å²) in [6, 6.07) is 14.9. The number of benzene rings is 2. The molecule has 0 radical (unpaired) electrons. The van der Waals surface area contributed by atoms with Gasteiger partial charge in [0.05, 0.1) is 26.1 Å². The summed E-state index contributed by atoms with van der Waals surface area (Å²) in [5.41, 5.74) is 0.878. The molecule has 2 aromatic carbocycles. The van der Waals surface area contributed by atoms with Crippen molar-refractivity contribution in [2.45, 2.75) is 65.4 Å². The fraction of sp³-hybridized carbons (Fsp3) is 0.400. The molecule has 0 bridgehead atoms. The van der Waals surface area contributed by atoms with Crippen molar-refractivity contribution in [1.29, 1.82) is 0 Å². The van der Waals surface area contributed by atoms with E-state index in [4.69, 9.17) is 9.47 Å². The van der Waals surface area contributed by atoms with Gasteiger partial charge < -0.3 is 29.6 Å². The van der Waals surface area contributed by atoms with Gasteiger partial charge in [0, 0.05) is 19.6 Å². The Bertz CT molecular complexity index is 1350. The molecule has 2 heterocycles. The van der Waals surface area contributed by atoms with Gasteiger partial charge in [0.15, 0.2) is 5.69 Å². The second-order valence-corrected chi connectivity index (χ2v) is 10.3. The normalized spacial score (nSPS) is 16.4. The monoisotopic (exact) mass is 547 g/mol. The van der Waals surface area contributed by atoms with Crippen LogP contribution in [0, 0.1) is 0 Å². The Balaban J connectivity index is 1.47. The highest BCUT2D eigenvalue weighted by atomic mass is 16.5. The molecule has 3 amide bonds. The third-order valence-corrected chi connectivity index (χ3v) is 6.87. The van der Waals surface area contributed by atoms with Gasteiger partial charge in [-0.25, -0.2) is 4.98 Å². The fourth-order valence-corrected chi connectivity index (χ4v) is 4.77. The molecule has 0 aliphatic carbocycles. The van der Waals surface area contributed by atoms with Crippen LogP contribution < -0.4 is 20.1 Å². The van der Waals surface area contributed by atoms with Crippen molar-refractivity contribution in [2.75, 3.05) is 13.7 Å². The van der Waals surface area contributed by atoms with Gasteiger partial charge in [0.25, 0.3) is 11.8 Å². The minimum Gasteiger partial charge on any atom is -0.497 e. The quantitative estimate of drug-likeness (QED) is 0.380. The summed E-state index contributed by atoms with van der Waals surface area (Å²) in [6.07, 6.45) is 2.18. The smallest absolute Gasteiger partial charge is 0.273 e. The second kappa shape index (κ2) is 12.2. The van der Waals surface area contributed by atoms with E-state index in [1.807, 2.05) is 69.3 Å². The fourth-order valence-electron chi connectivity index (χ4n) is 4.77. The van der Waals surface area contributed by atoms with E-state index >= 15 is 0 Å². The lowest BCUT2D eigenvalue weighted by Crippen LogP contribution is -2.64. The average molecular weight is 548 g/mol. The van der Waals surface area contributed by atoms with Gasteiger partial charge in [-0.05, 0) is 62.6 Å². The Kier molecular flexibility index (Phi) is 8.77. The number of nitrogens with zero attached hydrogens (tertiary/aromatic N) is 3. The van der Waals surface area contributed by atoms with Crippen LogP contribution in [-0.4, -0.2) is 57.5 Å². The molecule has 1 atom stereocenters. The van der Waals surface area contributed by atoms with Crippen molar-refractivity contribution in [3.8, 4) is 11.5 Å². The molecule has 0 saturated heterocycles. The molecule has 4 rings (SSSR count). The lowest BCUT2D eigenvalue weighted by molar-refractivity contribution is -0.133. The zero-order valence-corrected chi connectivity index (χ0v) is 23.7. The minimum absolute atomic E-state index is 0.0477. The van der Waals surface area contributed by atoms with Crippen molar-refractivity contribution < 1.29 is 23.9 Å². The third kappa shape index (κ3) is 6.11. The maximum Gasteiger partial charge on any atom is 0.273 e. The number of amides is 3. The minimum atomic E-state index is -1.15. The third-order valence-electron chi connectivity index (χ3n) is 6.87. The van der Waals surface area contributed by atoms with E-state index in [1.54, 1.807) is 23.5 Å². The van der Waals surface area contributed by atoms with Crippen LogP contribution in [0.2, 0.25) is 0 Å². The lowest BCUT2D eigenvalue weighted by Gasteiger charge is -2.43. The highest BCUT2D eigenvalue weighted by Gasteiger charge is 2.48. The van der Waals surface area contributed by atoms with Crippen LogP contribution in [0.5, 0.6) is 11.5 Å². The Morgan fingerprint density at radius 1 is 1.00 bits per heavy atom. The number of fused-ring (bicyclic) bond motifs is 1. The van der Waals surface area contributed by atoms with E-state index in [0.717, 1.165) is 22.6 Å². The van der Waals surface area contributed by atoms with E-state index in [9.17, 15) is 14.4 Å². The number of hydrogen-bond donors (Lipinski definition) is 2. The summed E-state index contributed by atoms with van der Waals surface area (Å²) >= 11 is 0. The average Bonchev–Trinajstić information content (AvgIpc) is 3.37. The highest BCUT2D eigenvalue weighted by molar-refractivity contribution is 6.07. The molecule has 2 N–H and O–H groups in total. The number of aromatic nitrogens is 2. The molecular formula is C30H37N5O5. The summed E-state index contributed by atoms with van der Waals surface area (Å²) in [7, 11) is 1.60. The number of ether oxygens (including phenoxy) is 2. The Morgan fingerprint density at radius 2 is 1.60 bits per heavy atom. The number of nitrogens with one attached hydrogen (secondary N) is 2. The SMILES string of the molecule is CCCN1C(=O)c2c(C(=O)NCc3ccc(OC(C)C)cc3)ncn2C[C@@]1(C)C(=O)NCc1ccc(OC)cc1. The predicted molar refractivity (Wildman–Crippen MR) is 150 cm³/mol. The van der Waals surface area contributed by atoms with Crippen molar-refractivity contribution in [3.05, 3.63) is 77.4 Å². The largest absolute Gasteiger partial charge is 0.497 e. The van der Waals surface area contributed by atoms with Crippen LogP contribution >= 0.6 is 0 Å². The lowest BCUT2D eigenvalue weighted by atomic mass is 9.93. The molecule has 3 aromatic rings. The number of rotatable bonds is 11. The molecule has 0 unspecified atom stereocenters. The molecule has 0 fully saturated rings. The standard InChI is InChI=1S/C30H37N5O5/c1-6-15-35-28(37)26-25(27(36)31-16-21-9-13-24(14-10-21)40-20(2)3)33-19-34(26)18-30(35,4)29(38)32-17-22-7-11-23(39-5)12-8-22/h7-14,19-20H,6,15-18H2,1-5H3,(H,31,36)(H,32,38)/t30-/m0/s1. The first-order chi connectivity index (χ1) is 19.2.